The summed E-state index contributed by atoms with van der Waals surface area (Å²) in [6.45, 7) is 2.14. The number of hydrogen-bond donors (Lipinski definition) is 1. The van der Waals surface area contributed by atoms with Crippen LogP contribution in [-0.4, -0.2) is 22.7 Å². The van der Waals surface area contributed by atoms with E-state index in [0.717, 1.165) is 5.70 Å². The van der Waals surface area contributed by atoms with Crippen molar-refractivity contribution in [2.75, 3.05) is 6.61 Å². The second-order valence-electron chi connectivity index (χ2n) is 2.79. The fourth-order valence-electron chi connectivity index (χ4n) is 1.22. The largest absolute Gasteiger partial charge is 0.448 e. The van der Waals surface area contributed by atoms with E-state index in [1.165, 1.54) is 5.01 Å². The molecule has 2 aliphatic heterocycles. The predicted octanol–water partition coefficient (Wildman–Crippen LogP) is 1.10. The van der Waals surface area contributed by atoms with Gasteiger partial charge in [-0.25, -0.2) is 4.79 Å². The molecule has 0 bridgehead atoms. The molecule has 2 rings (SSSR count). The van der Waals surface area contributed by atoms with Gasteiger partial charge in [0.05, 0.1) is 18.5 Å². The Kier molecular flexibility index (Phi) is 2.24. The van der Waals surface area contributed by atoms with Crippen molar-refractivity contribution in [2.45, 2.75) is 6.92 Å². The second-order valence-corrected chi connectivity index (χ2v) is 2.79. The zero-order valence-corrected chi connectivity index (χ0v) is 7.80. The van der Waals surface area contributed by atoms with Gasteiger partial charge in [0.15, 0.2) is 0 Å². The van der Waals surface area contributed by atoms with Gasteiger partial charge in [0.1, 0.15) is 0 Å². The predicted molar refractivity (Wildman–Crippen MR) is 50.2 cm³/mol. The molecule has 0 unspecified atom stereocenters. The van der Waals surface area contributed by atoms with Crippen molar-refractivity contribution in [1.82, 2.24) is 15.6 Å². The lowest BCUT2D eigenvalue weighted by atomic mass is 10.3. The number of carbonyl (C=O) groups excluding carboxylic acids is 1. The van der Waals surface area contributed by atoms with Crippen molar-refractivity contribution >= 4 is 6.09 Å². The molecule has 0 aromatic rings. The number of carbonyl (C=O) groups is 1. The molecule has 0 saturated carbocycles. The molecule has 1 amide bonds. The minimum absolute atomic E-state index is 0.367. The maximum absolute atomic E-state index is 11.3. The number of hydrazine groups is 2. The van der Waals surface area contributed by atoms with E-state index in [4.69, 9.17) is 4.74 Å². The molecule has 0 aromatic heterocycles. The number of allylic oxidation sites excluding steroid dienone is 3. The maximum atomic E-state index is 11.3. The van der Waals surface area contributed by atoms with Crippen molar-refractivity contribution < 1.29 is 9.53 Å². The topological polar surface area (TPSA) is 44.8 Å². The third-order valence-corrected chi connectivity index (χ3v) is 1.83. The number of hydrogen-bond acceptors (Lipinski definition) is 4. The van der Waals surface area contributed by atoms with Crippen LogP contribution in [-0.2, 0) is 4.74 Å². The lowest BCUT2D eigenvalue weighted by Gasteiger charge is -2.19. The van der Waals surface area contributed by atoms with E-state index in [1.54, 1.807) is 18.1 Å². The van der Waals surface area contributed by atoms with Gasteiger partial charge in [-0.15, -0.1) is 5.53 Å². The number of nitrogens with one attached hydrogen (secondary N) is 1. The Bertz CT molecular complexity index is 333. The van der Waals surface area contributed by atoms with Crippen LogP contribution in [0.1, 0.15) is 6.92 Å². The first kappa shape index (κ1) is 8.83. The van der Waals surface area contributed by atoms with Gasteiger partial charge in [0, 0.05) is 6.20 Å². The summed E-state index contributed by atoms with van der Waals surface area (Å²) in [5.41, 5.74) is 3.74. The van der Waals surface area contributed by atoms with Crippen LogP contribution in [0, 0.1) is 0 Å². The Hall–Kier alpha value is -1.75. The van der Waals surface area contributed by atoms with Crippen molar-refractivity contribution in [3.8, 4) is 0 Å². The van der Waals surface area contributed by atoms with Crippen LogP contribution in [0.3, 0.4) is 0 Å². The van der Waals surface area contributed by atoms with Crippen LogP contribution in [0.25, 0.3) is 0 Å². The molecular formula is C9H11N3O2. The summed E-state index contributed by atoms with van der Waals surface area (Å²) in [5, 5.41) is 3.04. The number of ether oxygens (including phenoxy) is 1. The molecule has 0 radical (unpaired) electrons. The average Bonchev–Trinajstić information content (AvgIpc) is 2.61. The summed E-state index contributed by atoms with van der Waals surface area (Å²) in [6, 6.07) is 0. The molecular weight excluding hydrogens is 182 g/mol. The highest BCUT2D eigenvalue weighted by atomic mass is 16.6. The first-order valence-electron chi connectivity index (χ1n) is 4.39. The fourth-order valence-corrected chi connectivity index (χ4v) is 1.22. The van der Waals surface area contributed by atoms with Gasteiger partial charge in [-0.1, -0.05) is 6.08 Å². The SMILES string of the molecule is CCOC(=O)N1C=C2C=CC=CN2N1. The van der Waals surface area contributed by atoms with Gasteiger partial charge < -0.3 is 4.74 Å². The minimum atomic E-state index is -0.406. The smallest absolute Gasteiger partial charge is 0.430 e. The van der Waals surface area contributed by atoms with Gasteiger partial charge >= 0.3 is 6.09 Å². The lowest BCUT2D eigenvalue weighted by molar-refractivity contribution is 0.0900. The normalized spacial score (nSPS) is 18.2. The molecule has 0 atom stereocenters. The minimum Gasteiger partial charge on any atom is -0.448 e. The lowest BCUT2D eigenvalue weighted by Crippen LogP contribution is -2.41. The molecule has 1 N–H and O–H groups in total. The summed E-state index contributed by atoms with van der Waals surface area (Å²) < 4.78 is 4.84. The number of amides is 1. The monoisotopic (exact) mass is 193 g/mol. The van der Waals surface area contributed by atoms with E-state index in [9.17, 15) is 4.79 Å². The Morgan fingerprint density at radius 2 is 2.43 bits per heavy atom. The van der Waals surface area contributed by atoms with E-state index in [-0.39, 0.29) is 0 Å². The Morgan fingerprint density at radius 3 is 3.14 bits per heavy atom. The van der Waals surface area contributed by atoms with E-state index < -0.39 is 6.09 Å². The van der Waals surface area contributed by atoms with E-state index >= 15 is 0 Å². The van der Waals surface area contributed by atoms with Crippen molar-refractivity contribution in [2.24, 2.45) is 0 Å². The Labute approximate surface area is 81.9 Å². The molecule has 5 nitrogen and oxygen atoms in total. The van der Waals surface area contributed by atoms with Crippen LogP contribution < -0.4 is 5.53 Å². The third-order valence-electron chi connectivity index (χ3n) is 1.83. The van der Waals surface area contributed by atoms with Gasteiger partial charge in [-0.05, 0) is 19.1 Å². The standard InChI is InChI=1S/C9H11N3O2/c1-2-14-9(13)12-7-8-5-3-4-6-11(8)10-12/h3-7,10H,2H2,1H3. The molecule has 74 valence electrons. The summed E-state index contributed by atoms with van der Waals surface area (Å²) in [4.78, 5) is 11.3. The Morgan fingerprint density at radius 1 is 1.57 bits per heavy atom. The number of nitrogens with zero attached hydrogens (tertiary/aromatic N) is 2. The summed E-state index contributed by atoms with van der Waals surface area (Å²) >= 11 is 0. The van der Waals surface area contributed by atoms with Gasteiger partial charge in [-0.2, -0.15) is 5.01 Å². The van der Waals surface area contributed by atoms with Gasteiger partial charge in [-0.3, -0.25) is 5.01 Å². The maximum Gasteiger partial charge on any atom is 0.430 e. The van der Waals surface area contributed by atoms with E-state index in [2.05, 4.69) is 5.53 Å². The molecule has 0 saturated heterocycles. The average molecular weight is 193 g/mol. The van der Waals surface area contributed by atoms with E-state index in [1.807, 2.05) is 24.4 Å². The number of rotatable bonds is 1. The molecule has 0 aromatic carbocycles. The first-order chi connectivity index (χ1) is 6.81. The third kappa shape index (κ3) is 1.49. The highest BCUT2D eigenvalue weighted by molar-refractivity contribution is 5.69. The molecule has 0 fully saturated rings. The summed E-state index contributed by atoms with van der Waals surface area (Å²) in [6.07, 6.45) is 8.77. The summed E-state index contributed by atoms with van der Waals surface area (Å²) in [7, 11) is 0. The molecule has 2 aliphatic rings. The van der Waals surface area contributed by atoms with Gasteiger partial charge in [0.25, 0.3) is 0 Å². The zero-order chi connectivity index (χ0) is 9.97. The van der Waals surface area contributed by atoms with Crippen LogP contribution in [0.4, 0.5) is 4.79 Å². The summed E-state index contributed by atoms with van der Waals surface area (Å²) in [5.74, 6) is 0. The highest BCUT2D eigenvalue weighted by Crippen LogP contribution is 2.16. The van der Waals surface area contributed by atoms with Crippen LogP contribution in [0.2, 0.25) is 0 Å². The van der Waals surface area contributed by atoms with Crippen LogP contribution >= 0.6 is 0 Å². The molecule has 0 aliphatic carbocycles. The molecule has 5 heteroatoms. The number of fused-ring (bicyclic) bond motifs is 1. The van der Waals surface area contributed by atoms with Crippen molar-refractivity contribution in [3.63, 3.8) is 0 Å². The van der Waals surface area contributed by atoms with Crippen molar-refractivity contribution in [3.05, 3.63) is 36.3 Å². The zero-order valence-electron chi connectivity index (χ0n) is 7.80. The first-order valence-corrected chi connectivity index (χ1v) is 4.39. The van der Waals surface area contributed by atoms with Crippen molar-refractivity contribution in [1.29, 1.82) is 0 Å². The molecule has 2 heterocycles. The van der Waals surface area contributed by atoms with E-state index in [0.29, 0.717) is 6.61 Å². The quantitative estimate of drug-likeness (QED) is 0.677. The fraction of sp³-hybridized carbons (Fsp3) is 0.222. The Balaban J connectivity index is 2.06. The highest BCUT2D eigenvalue weighted by Gasteiger charge is 2.23. The van der Waals surface area contributed by atoms with Crippen LogP contribution in [0.5, 0.6) is 0 Å². The molecule has 14 heavy (non-hydrogen) atoms. The van der Waals surface area contributed by atoms with Crippen LogP contribution in [0.15, 0.2) is 36.3 Å². The second kappa shape index (κ2) is 3.55. The van der Waals surface area contributed by atoms with Gasteiger partial charge in [0.2, 0.25) is 0 Å². The molecule has 0 spiro atoms.